The summed E-state index contributed by atoms with van der Waals surface area (Å²) in [6.45, 7) is 3.37. The SMILES string of the molecule is CC(=O)c1ccc(N2CCC(C(=O)N3C[C@@H](N(C)C(=O)Oc4ccc(F)cc4)[C@H](c4ccc(F)c(Cl)c4)C3)CC2)nc1. The minimum atomic E-state index is -0.657. The van der Waals surface area contributed by atoms with Crippen LogP contribution in [0.25, 0.3) is 0 Å². The van der Waals surface area contributed by atoms with E-state index in [2.05, 4.69) is 9.88 Å². The van der Waals surface area contributed by atoms with Crippen LogP contribution in [0.5, 0.6) is 5.75 Å². The lowest BCUT2D eigenvalue weighted by Gasteiger charge is -2.34. The van der Waals surface area contributed by atoms with Gasteiger partial charge in [0.05, 0.1) is 11.1 Å². The monoisotopic (exact) mass is 596 g/mol. The van der Waals surface area contributed by atoms with Crippen LogP contribution in [0, 0.1) is 17.6 Å². The molecule has 1 aromatic heterocycles. The Morgan fingerprint density at radius 2 is 1.71 bits per heavy atom. The van der Waals surface area contributed by atoms with E-state index in [0.29, 0.717) is 43.6 Å². The smallest absolute Gasteiger partial charge is 0.410 e. The Hall–Kier alpha value is -4.05. The number of benzene rings is 2. The summed E-state index contributed by atoms with van der Waals surface area (Å²) >= 11 is 6.09. The summed E-state index contributed by atoms with van der Waals surface area (Å²) in [6.07, 6.45) is 2.17. The fourth-order valence-electron chi connectivity index (χ4n) is 5.64. The zero-order valence-electron chi connectivity index (χ0n) is 23.3. The second-order valence-electron chi connectivity index (χ2n) is 10.7. The van der Waals surface area contributed by atoms with Crippen molar-refractivity contribution in [1.82, 2.24) is 14.8 Å². The number of carbonyl (C=O) groups is 3. The molecule has 2 atom stereocenters. The Bertz CT molecular complexity index is 1460. The summed E-state index contributed by atoms with van der Waals surface area (Å²) in [6, 6.07) is 12.7. The molecule has 2 saturated heterocycles. The van der Waals surface area contributed by atoms with Gasteiger partial charge in [0.2, 0.25) is 5.91 Å². The van der Waals surface area contributed by atoms with Gasteiger partial charge in [-0.1, -0.05) is 17.7 Å². The van der Waals surface area contributed by atoms with Gasteiger partial charge in [0.15, 0.2) is 5.78 Å². The highest BCUT2D eigenvalue weighted by molar-refractivity contribution is 6.30. The lowest BCUT2D eigenvalue weighted by Crippen LogP contribution is -2.45. The first kappa shape index (κ1) is 29.4. The quantitative estimate of drug-likeness (QED) is 0.347. The first-order valence-corrected chi connectivity index (χ1v) is 14.1. The number of piperidine rings is 1. The molecule has 0 spiro atoms. The van der Waals surface area contributed by atoms with Gasteiger partial charge in [0.25, 0.3) is 0 Å². The maximum absolute atomic E-state index is 14.0. The molecule has 3 aromatic rings. The molecule has 8 nitrogen and oxygen atoms in total. The molecule has 3 heterocycles. The van der Waals surface area contributed by atoms with Crippen LogP contribution in [0.4, 0.5) is 19.4 Å². The second-order valence-corrected chi connectivity index (χ2v) is 11.2. The lowest BCUT2D eigenvalue weighted by atomic mass is 9.93. The van der Waals surface area contributed by atoms with Crippen molar-refractivity contribution >= 4 is 35.2 Å². The third kappa shape index (κ3) is 6.38. The molecule has 0 unspecified atom stereocenters. The highest BCUT2D eigenvalue weighted by Gasteiger charge is 2.42. The van der Waals surface area contributed by atoms with Crippen LogP contribution in [0.1, 0.15) is 41.6 Å². The van der Waals surface area contributed by atoms with Gasteiger partial charge in [0, 0.05) is 56.8 Å². The largest absolute Gasteiger partial charge is 0.415 e. The molecule has 0 radical (unpaired) electrons. The molecule has 11 heteroatoms. The summed E-state index contributed by atoms with van der Waals surface area (Å²) in [5.74, 6) is -0.626. The first-order valence-electron chi connectivity index (χ1n) is 13.8. The predicted molar refractivity (Wildman–Crippen MR) is 154 cm³/mol. The number of aromatic nitrogens is 1. The normalized spacial score (nSPS) is 19.1. The number of amides is 2. The summed E-state index contributed by atoms with van der Waals surface area (Å²) in [5.41, 5.74) is 1.26. The van der Waals surface area contributed by atoms with Gasteiger partial charge < -0.3 is 19.4 Å². The molecular formula is C31H31ClF2N4O4. The van der Waals surface area contributed by atoms with E-state index in [4.69, 9.17) is 16.3 Å². The Balaban J connectivity index is 1.28. The predicted octanol–water partition coefficient (Wildman–Crippen LogP) is 5.56. The molecule has 0 saturated carbocycles. The van der Waals surface area contributed by atoms with Crippen LogP contribution < -0.4 is 9.64 Å². The molecular weight excluding hydrogens is 566 g/mol. The number of anilines is 1. The highest BCUT2D eigenvalue weighted by atomic mass is 35.5. The van der Waals surface area contributed by atoms with Crippen LogP contribution in [0.15, 0.2) is 60.8 Å². The number of ether oxygens (including phenoxy) is 1. The summed E-state index contributed by atoms with van der Waals surface area (Å²) in [4.78, 5) is 48.1. The van der Waals surface area contributed by atoms with E-state index < -0.39 is 23.8 Å². The molecule has 0 aliphatic carbocycles. The number of hydrogen-bond acceptors (Lipinski definition) is 6. The average molecular weight is 597 g/mol. The number of carbonyl (C=O) groups excluding carboxylic acids is 3. The molecule has 42 heavy (non-hydrogen) atoms. The molecule has 2 fully saturated rings. The molecule has 5 rings (SSSR count). The second kappa shape index (κ2) is 12.4. The highest BCUT2D eigenvalue weighted by Crippen LogP contribution is 2.35. The van der Waals surface area contributed by atoms with Gasteiger partial charge in [-0.25, -0.2) is 18.6 Å². The fraction of sp³-hybridized carbons (Fsp3) is 0.355. The molecule has 2 aliphatic rings. The van der Waals surface area contributed by atoms with Crippen molar-refractivity contribution in [2.24, 2.45) is 5.92 Å². The van der Waals surface area contributed by atoms with Crippen LogP contribution in [-0.4, -0.2) is 71.8 Å². The lowest BCUT2D eigenvalue weighted by molar-refractivity contribution is -0.135. The van der Waals surface area contributed by atoms with Crippen molar-refractivity contribution in [3.63, 3.8) is 0 Å². The van der Waals surface area contributed by atoms with Crippen LogP contribution >= 0.6 is 11.6 Å². The van der Waals surface area contributed by atoms with Crippen molar-refractivity contribution in [2.75, 3.05) is 38.1 Å². The minimum Gasteiger partial charge on any atom is -0.410 e. The van der Waals surface area contributed by atoms with Crippen molar-refractivity contribution in [3.05, 3.63) is 88.6 Å². The van der Waals surface area contributed by atoms with Gasteiger partial charge in [-0.05, 0) is 73.9 Å². The van der Waals surface area contributed by atoms with Crippen molar-refractivity contribution in [1.29, 1.82) is 0 Å². The van der Waals surface area contributed by atoms with E-state index in [1.807, 2.05) is 6.07 Å². The first-order chi connectivity index (χ1) is 20.1. The summed E-state index contributed by atoms with van der Waals surface area (Å²) in [5, 5.41) is -0.0371. The van der Waals surface area contributed by atoms with E-state index in [1.165, 1.54) is 48.2 Å². The van der Waals surface area contributed by atoms with E-state index >= 15 is 0 Å². The van der Waals surface area contributed by atoms with E-state index in [1.54, 1.807) is 30.3 Å². The zero-order chi connectivity index (χ0) is 30.0. The van der Waals surface area contributed by atoms with Crippen LogP contribution in [0.2, 0.25) is 5.02 Å². The van der Waals surface area contributed by atoms with Gasteiger partial charge in [0.1, 0.15) is 23.2 Å². The van der Waals surface area contributed by atoms with E-state index in [9.17, 15) is 23.2 Å². The van der Waals surface area contributed by atoms with Crippen molar-refractivity contribution in [2.45, 2.75) is 31.7 Å². The Kier molecular flexibility index (Phi) is 8.72. The number of Topliss-reactive ketones (excluding diaryl/α,β-unsaturated/α-hetero) is 1. The van der Waals surface area contributed by atoms with Crippen LogP contribution in [-0.2, 0) is 4.79 Å². The number of halogens is 3. The Labute approximate surface area is 247 Å². The molecule has 0 N–H and O–H groups in total. The maximum atomic E-state index is 14.0. The topological polar surface area (TPSA) is 83.1 Å². The molecule has 2 amide bonds. The minimum absolute atomic E-state index is 0.00412. The Morgan fingerprint density at radius 3 is 2.33 bits per heavy atom. The summed E-state index contributed by atoms with van der Waals surface area (Å²) in [7, 11) is 1.59. The number of pyridine rings is 1. The van der Waals surface area contributed by atoms with Gasteiger partial charge in [-0.15, -0.1) is 0 Å². The van der Waals surface area contributed by atoms with E-state index in [0.717, 1.165) is 5.82 Å². The molecule has 2 aromatic carbocycles. The van der Waals surface area contributed by atoms with E-state index in [-0.39, 0.29) is 40.8 Å². The van der Waals surface area contributed by atoms with Crippen molar-refractivity contribution < 1.29 is 27.9 Å². The molecule has 2 aliphatic heterocycles. The number of likely N-dealkylation sites (N-methyl/N-ethyl adjacent to an activating group) is 1. The number of hydrogen-bond donors (Lipinski definition) is 0. The standard InChI is InChI=1S/C31H31ClF2N4O4/c1-19(39)22-4-10-29(35-16-22)37-13-11-20(12-14-37)30(40)38-17-25(21-3-9-27(34)26(32)15-21)28(18-38)36(2)31(41)42-24-7-5-23(33)6-8-24/h3-10,15-16,20,25,28H,11-14,17-18H2,1-2H3/t25-,28+/m0/s1. The van der Waals surface area contributed by atoms with Gasteiger partial charge in [-0.2, -0.15) is 0 Å². The van der Waals surface area contributed by atoms with Gasteiger partial charge >= 0.3 is 6.09 Å². The van der Waals surface area contributed by atoms with Gasteiger partial charge in [-0.3, -0.25) is 9.59 Å². The third-order valence-electron chi connectivity index (χ3n) is 8.10. The van der Waals surface area contributed by atoms with Crippen LogP contribution in [0.3, 0.4) is 0 Å². The van der Waals surface area contributed by atoms with Crippen molar-refractivity contribution in [3.8, 4) is 5.75 Å². The average Bonchev–Trinajstić information content (AvgIpc) is 3.44. The number of nitrogens with zero attached hydrogens (tertiary/aromatic N) is 4. The number of likely N-dealkylation sites (tertiary alicyclic amines) is 1. The number of rotatable bonds is 6. The third-order valence-corrected chi connectivity index (χ3v) is 8.39. The summed E-state index contributed by atoms with van der Waals surface area (Å²) < 4.78 is 32.7. The number of ketones is 1. The molecule has 0 bridgehead atoms. The fourth-order valence-corrected chi connectivity index (χ4v) is 5.82. The zero-order valence-corrected chi connectivity index (χ0v) is 24.1. The maximum Gasteiger partial charge on any atom is 0.415 e. The molecule has 220 valence electrons. The Morgan fingerprint density at radius 1 is 1.00 bits per heavy atom.